The highest BCUT2D eigenvalue weighted by molar-refractivity contribution is 6.43. The smallest absolute Gasteiger partial charge is 0.357 e. The summed E-state index contributed by atoms with van der Waals surface area (Å²) in [7, 11) is 1.27. The van der Waals surface area contributed by atoms with Crippen LogP contribution in [0.3, 0.4) is 0 Å². The van der Waals surface area contributed by atoms with E-state index in [4.69, 9.17) is 34.8 Å². The van der Waals surface area contributed by atoms with E-state index in [-0.39, 0.29) is 10.8 Å². The van der Waals surface area contributed by atoms with Crippen molar-refractivity contribution in [1.82, 2.24) is 4.98 Å². The Balaban J connectivity index is 2.68. The molecule has 2 aromatic rings. The van der Waals surface area contributed by atoms with Crippen LogP contribution in [0.1, 0.15) is 10.5 Å². The molecule has 0 fully saturated rings. The number of hydrogen-bond donors (Lipinski definition) is 0. The molecule has 1 heterocycles. The normalized spacial score (nSPS) is 10.3. The number of carbonyl (C=O) groups is 1. The average molecular weight is 317 g/mol. The predicted molar refractivity (Wildman–Crippen MR) is 76.0 cm³/mol. The summed E-state index contributed by atoms with van der Waals surface area (Å²) in [6, 6.07) is 8.36. The first-order valence-electron chi connectivity index (χ1n) is 5.24. The molecule has 1 aromatic heterocycles. The summed E-state index contributed by atoms with van der Waals surface area (Å²) in [5.74, 6) is -0.589. The van der Waals surface area contributed by atoms with Crippen LogP contribution in [0.5, 0.6) is 0 Å². The van der Waals surface area contributed by atoms with Crippen molar-refractivity contribution in [2.45, 2.75) is 0 Å². The third-order valence-corrected chi connectivity index (χ3v) is 3.51. The van der Waals surface area contributed by atoms with Crippen LogP contribution >= 0.6 is 34.8 Å². The zero-order chi connectivity index (χ0) is 14.0. The van der Waals surface area contributed by atoms with Crippen molar-refractivity contribution >= 4 is 40.8 Å². The van der Waals surface area contributed by atoms with Gasteiger partial charge in [-0.2, -0.15) is 0 Å². The van der Waals surface area contributed by atoms with Crippen LogP contribution in [0.2, 0.25) is 15.2 Å². The van der Waals surface area contributed by atoms with Crippen LogP contribution in [0.4, 0.5) is 0 Å². The number of rotatable bonds is 2. The molecule has 19 heavy (non-hydrogen) atoms. The molecule has 98 valence electrons. The van der Waals surface area contributed by atoms with Gasteiger partial charge in [-0.3, -0.25) is 0 Å². The minimum absolute atomic E-state index is 0.0965. The molecule has 0 saturated carbocycles. The third kappa shape index (κ3) is 2.84. The van der Waals surface area contributed by atoms with Crippen molar-refractivity contribution in [2.75, 3.05) is 7.11 Å². The summed E-state index contributed by atoms with van der Waals surface area (Å²) in [5.41, 5.74) is 1.21. The van der Waals surface area contributed by atoms with Gasteiger partial charge in [-0.05, 0) is 18.2 Å². The first-order chi connectivity index (χ1) is 9.04. The van der Waals surface area contributed by atoms with Crippen LogP contribution in [-0.4, -0.2) is 18.1 Å². The van der Waals surface area contributed by atoms with Crippen molar-refractivity contribution in [3.05, 3.63) is 51.2 Å². The van der Waals surface area contributed by atoms with Crippen LogP contribution in [-0.2, 0) is 4.74 Å². The Bertz CT molecular complexity index is 644. The van der Waals surface area contributed by atoms with Gasteiger partial charge in [0.2, 0.25) is 0 Å². The molecule has 0 aliphatic carbocycles. The minimum atomic E-state index is -0.589. The summed E-state index contributed by atoms with van der Waals surface area (Å²) < 4.78 is 4.69. The van der Waals surface area contributed by atoms with Gasteiger partial charge < -0.3 is 4.74 Å². The second-order valence-electron chi connectivity index (χ2n) is 3.62. The second-order valence-corrected chi connectivity index (χ2v) is 4.80. The molecule has 0 spiro atoms. The van der Waals surface area contributed by atoms with Crippen molar-refractivity contribution in [3.8, 4) is 11.1 Å². The molecule has 0 unspecified atom stereocenters. The van der Waals surface area contributed by atoms with E-state index < -0.39 is 5.97 Å². The van der Waals surface area contributed by atoms with Gasteiger partial charge in [0.05, 0.1) is 17.2 Å². The van der Waals surface area contributed by atoms with Crippen molar-refractivity contribution in [2.24, 2.45) is 0 Å². The van der Waals surface area contributed by atoms with Gasteiger partial charge in [0.25, 0.3) is 0 Å². The Morgan fingerprint density at radius 2 is 1.84 bits per heavy atom. The van der Waals surface area contributed by atoms with E-state index in [0.29, 0.717) is 21.2 Å². The summed E-state index contributed by atoms with van der Waals surface area (Å²) in [4.78, 5) is 15.7. The number of pyridine rings is 1. The average Bonchev–Trinajstić information content (AvgIpc) is 2.41. The fourth-order valence-electron chi connectivity index (χ4n) is 1.62. The maximum Gasteiger partial charge on any atom is 0.357 e. The maximum atomic E-state index is 11.7. The Kier molecular flexibility index (Phi) is 4.30. The summed E-state index contributed by atoms with van der Waals surface area (Å²) in [6.45, 7) is 0. The van der Waals surface area contributed by atoms with Gasteiger partial charge in [-0.1, -0.05) is 46.9 Å². The molecule has 0 aliphatic rings. The Morgan fingerprint density at radius 3 is 2.53 bits per heavy atom. The number of ether oxygens (including phenoxy) is 1. The van der Waals surface area contributed by atoms with Gasteiger partial charge in [-0.25, -0.2) is 9.78 Å². The Hall–Kier alpha value is -1.29. The SMILES string of the molecule is COC(=O)c1nc(Cl)ccc1-c1cccc(Cl)c1Cl. The van der Waals surface area contributed by atoms with Crippen LogP contribution in [0.15, 0.2) is 30.3 Å². The number of methoxy groups -OCH3 is 1. The second kappa shape index (κ2) is 5.78. The Labute approximate surface area is 125 Å². The quantitative estimate of drug-likeness (QED) is 0.605. The topological polar surface area (TPSA) is 39.2 Å². The van der Waals surface area contributed by atoms with Crippen LogP contribution in [0, 0.1) is 0 Å². The molecule has 0 amide bonds. The van der Waals surface area contributed by atoms with Gasteiger partial charge in [0, 0.05) is 11.1 Å². The van der Waals surface area contributed by atoms with Crippen molar-refractivity contribution < 1.29 is 9.53 Å². The predicted octanol–water partition coefficient (Wildman–Crippen LogP) is 4.50. The number of nitrogens with zero attached hydrogens (tertiary/aromatic N) is 1. The summed E-state index contributed by atoms with van der Waals surface area (Å²) in [5, 5.41) is 0.936. The van der Waals surface area contributed by atoms with E-state index in [1.165, 1.54) is 7.11 Å². The maximum absolute atomic E-state index is 11.7. The largest absolute Gasteiger partial charge is 0.464 e. The highest BCUT2D eigenvalue weighted by atomic mass is 35.5. The molecular formula is C13H8Cl3NO2. The number of esters is 1. The molecular weight excluding hydrogens is 309 g/mol. The molecule has 3 nitrogen and oxygen atoms in total. The van der Waals surface area contributed by atoms with E-state index in [1.54, 1.807) is 30.3 Å². The molecule has 6 heteroatoms. The molecule has 0 aliphatic heterocycles. The first kappa shape index (κ1) is 14.1. The molecule has 0 saturated heterocycles. The van der Waals surface area contributed by atoms with Gasteiger partial charge in [-0.15, -0.1) is 0 Å². The zero-order valence-electron chi connectivity index (χ0n) is 9.78. The van der Waals surface area contributed by atoms with Crippen LogP contribution in [0.25, 0.3) is 11.1 Å². The van der Waals surface area contributed by atoms with Gasteiger partial charge >= 0.3 is 5.97 Å². The van der Waals surface area contributed by atoms with E-state index in [2.05, 4.69) is 9.72 Å². The number of hydrogen-bond acceptors (Lipinski definition) is 3. The van der Waals surface area contributed by atoms with Crippen molar-refractivity contribution in [1.29, 1.82) is 0 Å². The minimum Gasteiger partial charge on any atom is -0.464 e. The fraction of sp³-hybridized carbons (Fsp3) is 0.0769. The number of halogens is 3. The first-order valence-corrected chi connectivity index (χ1v) is 6.37. The lowest BCUT2D eigenvalue weighted by Crippen LogP contribution is -2.07. The number of aromatic nitrogens is 1. The van der Waals surface area contributed by atoms with Gasteiger partial charge in [0.15, 0.2) is 5.69 Å². The Morgan fingerprint density at radius 1 is 1.11 bits per heavy atom. The number of carbonyl (C=O) groups excluding carboxylic acids is 1. The van der Waals surface area contributed by atoms with E-state index >= 15 is 0 Å². The zero-order valence-corrected chi connectivity index (χ0v) is 12.1. The molecule has 0 atom stereocenters. The molecule has 0 radical (unpaired) electrons. The van der Waals surface area contributed by atoms with Crippen LogP contribution < -0.4 is 0 Å². The molecule has 2 rings (SSSR count). The highest BCUT2D eigenvalue weighted by Crippen LogP contribution is 2.35. The standard InChI is InChI=1S/C13H8Cl3NO2/c1-19-13(18)12-8(5-6-10(15)17-12)7-3-2-4-9(14)11(7)16/h2-6H,1H3. The lowest BCUT2D eigenvalue weighted by atomic mass is 10.0. The fourth-order valence-corrected chi connectivity index (χ4v) is 2.17. The number of benzene rings is 1. The summed E-state index contributed by atoms with van der Waals surface area (Å²) in [6.07, 6.45) is 0. The van der Waals surface area contributed by atoms with E-state index in [9.17, 15) is 4.79 Å². The monoisotopic (exact) mass is 315 g/mol. The summed E-state index contributed by atoms with van der Waals surface area (Å²) >= 11 is 17.9. The highest BCUT2D eigenvalue weighted by Gasteiger charge is 2.18. The lowest BCUT2D eigenvalue weighted by Gasteiger charge is -2.10. The van der Waals surface area contributed by atoms with E-state index in [0.717, 1.165) is 0 Å². The van der Waals surface area contributed by atoms with Gasteiger partial charge in [0.1, 0.15) is 5.15 Å². The van der Waals surface area contributed by atoms with Crippen molar-refractivity contribution in [3.63, 3.8) is 0 Å². The molecule has 0 bridgehead atoms. The molecule has 0 N–H and O–H groups in total. The van der Waals surface area contributed by atoms with E-state index in [1.807, 2.05) is 0 Å². The lowest BCUT2D eigenvalue weighted by molar-refractivity contribution is 0.0595. The molecule has 1 aromatic carbocycles. The third-order valence-electron chi connectivity index (χ3n) is 2.48.